The number of ether oxygens (including phenoxy) is 3. The van der Waals surface area contributed by atoms with E-state index < -0.39 is 58.5 Å². The summed E-state index contributed by atoms with van der Waals surface area (Å²) in [6, 6.07) is 0. The Balaban J connectivity index is 0. The average molecular weight is 414 g/mol. The van der Waals surface area contributed by atoms with Crippen LogP contribution in [0.2, 0.25) is 0 Å². The summed E-state index contributed by atoms with van der Waals surface area (Å²) in [7, 11) is -4.40. The summed E-state index contributed by atoms with van der Waals surface area (Å²) in [5.41, 5.74) is -1.35. The summed E-state index contributed by atoms with van der Waals surface area (Å²) in [4.78, 5) is 35.9. The Morgan fingerprint density at radius 3 is 1.68 bits per heavy atom. The molecule has 0 aliphatic carbocycles. The average Bonchev–Trinajstić information content (AvgIpc) is 2.58. The van der Waals surface area contributed by atoms with Crippen LogP contribution in [0.15, 0.2) is 24.3 Å². The Morgan fingerprint density at radius 1 is 1.00 bits per heavy atom. The van der Waals surface area contributed by atoms with E-state index in [1.807, 2.05) is 0 Å². The van der Waals surface area contributed by atoms with Crippen LogP contribution in [0.5, 0.6) is 0 Å². The molecule has 0 aliphatic heterocycles. The molecule has 1 unspecified atom stereocenters. The molecule has 9 nitrogen and oxygen atoms in total. The van der Waals surface area contributed by atoms with Gasteiger partial charge in [-0.25, -0.2) is 9.59 Å². The van der Waals surface area contributed by atoms with Crippen molar-refractivity contribution in [2.75, 3.05) is 19.8 Å². The summed E-state index contributed by atoms with van der Waals surface area (Å²) < 4.78 is 46.1. The minimum absolute atomic E-state index is 0. The summed E-state index contributed by atoms with van der Waals surface area (Å²) in [6.45, 7) is 10.9. The Morgan fingerprint density at radius 2 is 1.39 bits per heavy atom. The second kappa shape index (κ2) is 12.1. The molecule has 0 aliphatic rings. The number of rotatable bonds is 11. The van der Waals surface area contributed by atoms with Crippen molar-refractivity contribution >= 4 is 46.9 Å². The maximum atomic E-state index is 12.6. The second-order valence-corrected chi connectivity index (χ2v) is 8.11. The minimum atomic E-state index is -4.40. The fourth-order valence-corrected chi connectivity index (χ4v) is 1.83. The number of hydrogen-bond donors (Lipinski definition) is 1. The third-order valence-electron chi connectivity index (χ3n) is 3.72. The van der Waals surface area contributed by atoms with Gasteiger partial charge in [0.1, 0.15) is 30.5 Å². The zero-order valence-corrected chi connectivity index (χ0v) is 16.8. The molecule has 0 heterocycles. The molecule has 0 aromatic carbocycles. The fourth-order valence-electron chi connectivity index (χ4n) is 1.59. The van der Waals surface area contributed by atoms with E-state index in [2.05, 4.69) is 13.2 Å². The van der Waals surface area contributed by atoms with Crippen LogP contribution in [0, 0.1) is 5.41 Å². The summed E-state index contributed by atoms with van der Waals surface area (Å²) in [5, 5.41) is -1.35. The Bertz CT molecular complexity index is 682. The van der Waals surface area contributed by atoms with Crippen molar-refractivity contribution in [2.45, 2.75) is 39.4 Å². The first-order valence-corrected chi connectivity index (χ1v) is 9.56. The number of hydrogen-bond acceptors (Lipinski definition) is 8. The maximum absolute atomic E-state index is 12.6. The monoisotopic (exact) mass is 414 g/mol. The van der Waals surface area contributed by atoms with Gasteiger partial charge in [-0.15, -0.1) is 0 Å². The van der Waals surface area contributed by atoms with E-state index in [9.17, 15) is 22.8 Å². The Kier molecular flexibility index (Phi) is 12.3. The molecule has 0 spiro atoms. The van der Waals surface area contributed by atoms with Gasteiger partial charge in [-0.2, -0.15) is 8.42 Å². The van der Waals surface area contributed by atoms with Gasteiger partial charge in [0.05, 0.1) is 0 Å². The second-order valence-electron chi connectivity index (χ2n) is 6.27. The van der Waals surface area contributed by atoms with Gasteiger partial charge in [-0.1, -0.05) is 20.1 Å². The third kappa shape index (κ3) is 9.06. The Hall–Kier alpha value is -1.60. The number of esters is 3. The molecule has 156 valence electrons. The molecule has 0 bridgehead atoms. The van der Waals surface area contributed by atoms with Crippen LogP contribution in [-0.4, -0.2) is 74.8 Å². The first-order valence-electron chi connectivity index (χ1n) is 8.05. The molecule has 0 aromatic rings. The molecule has 0 rings (SSSR count). The predicted octanol–water partition coefficient (Wildman–Crippen LogP) is 0.792. The van der Waals surface area contributed by atoms with Gasteiger partial charge >= 0.3 is 36.8 Å². The molecule has 1 N–H and O–H groups in total. The van der Waals surface area contributed by atoms with Gasteiger partial charge < -0.3 is 14.2 Å². The molecule has 0 aromatic heterocycles. The van der Waals surface area contributed by atoms with Gasteiger partial charge in [-0.3, -0.25) is 9.35 Å². The van der Waals surface area contributed by atoms with Gasteiger partial charge in [0.25, 0.3) is 10.1 Å². The van der Waals surface area contributed by atoms with Crippen molar-refractivity contribution in [2.24, 2.45) is 5.41 Å². The summed E-state index contributed by atoms with van der Waals surface area (Å²) in [5.74, 6) is -2.44. The quantitative estimate of drug-likeness (QED) is 0.171. The molecule has 11 heteroatoms. The Labute approximate surface area is 177 Å². The number of carbonyl (C=O) groups is 3. The molecule has 28 heavy (non-hydrogen) atoms. The van der Waals surface area contributed by atoms with E-state index in [1.54, 1.807) is 6.92 Å². The van der Waals surface area contributed by atoms with Crippen LogP contribution in [0.3, 0.4) is 0 Å². The van der Waals surface area contributed by atoms with Crippen molar-refractivity contribution in [3.05, 3.63) is 24.3 Å². The molecule has 0 saturated heterocycles. The molecule has 1 atom stereocenters. The number of carbonyl (C=O) groups excluding carboxylic acids is 3. The molecular weight excluding hydrogens is 387 g/mol. The molecule has 0 amide bonds. The summed E-state index contributed by atoms with van der Waals surface area (Å²) in [6.07, 6.45) is 0.0546. The van der Waals surface area contributed by atoms with E-state index >= 15 is 0 Å². The topological polar surface area (TPSA) is 133 Å². The van der Waals surface area contributed by atoms with E-state index in [0.29, 0.717) is 0 Å². The predicted molar refractivity (Wildman–Crippen MR) is 103 cm³/mol. The fraction of sp³-hybridized carbons (Fsp3) is 0.588. The van der Waals surface area contributed by atoms with Crippen molar-refractivity contribution in [3.63, 3.8) is 0 Å². The van der Waals surface area contributed by atoms with Crippen molar-refractivity contribution in [1.82, 2.24) is 0 Å². The van der Waals surface area contributed by atoms with Gasteiger partial charge in [0.2, 0.25) is 0 Å². The molecule has 0 fully saturated rings. The van der Waals surface area contributed by atoms with Crippen molar-refractivity contribution in [1.29, 1.82) is 0 Å². The first kappa shape index (κ1) is 28.6. The normalized spacial score (nSPS) is 12.2. The van der Waals surface area contributed by atoms with Crippen LogP contribution in [0.25, 0.3) is 0 Å². The van der Waals surface area contributed by atoms with Crippen LogP contribution >= 0.6 is 0 Å². The van der Waals surface area contributed by atoms with Crippen molar-refractivity contribution in [3.8, 4) is 0 Å². The van der Waals surface area contributed by atoms with Crippen molar-refractivity contribution < 1.29 is 41.6 Å². The summed E-state index contributed by atoms with van der Waals surface area (Å²) >= 11 is 0. The zero-order chi connectivity index (χ0) is 21.4. The van der Waals surface area contributed by atoms with E-state index in [1.165, 1.54) is 13.8 Å². The zero-order valence-electron chi connectivity index (χ0n) is 15.9. The van der Waals surface area contributed by atoms with Crippen LogP contribution in [-0.2, 0) is 38.7 Å². The molecular formula is C17H27LiO9S. The van der Waals surface area contributed by atoms with E-state index in [-0.39, 0.29) is 36.4 Å². The van der Waals surface area contributed by atoms with E-state index in [4.69, 9.17) is 18.8 Å². The SMILES string of the molecule is C=C(C)C(=O)OCC(CC)(COC(=O)C(=C)C)C(=O)OCC(C)S(=O)(=O)O.[LiH]. The van der Waals surface area contributed by atoms with Gasteiger partial charge in [-0.05, 0) is 27.2 Å². The molecule has 0 radical (unpaired) electrons. The standard InChI is InChI=1S/C17H26O9S.Li.H/c1-7-17(9-25-14(18)11(2)3,10-26-15(19)12(4)5)16(20)24-8-13(6)27(21,22)23;;/h13H,2,4,7-10H2,1,3,5-6H3,(H,21,22,23);;. The van der Waals surface area contributed by atoms with Gasteiger partial charge in [0, 0.05) is 11.1 Å². The van der Waals surface area contributed by atoms with Crippen LogP contribution in [0.4, 0.5) is 0 Å². The van der Waals surface area contributed by atoms with Crippen LogP contribution < -0.4 is 0 Å². The van der Waals surface area contributed by atoms with E-state index in [0.717, 1.165) is 6.92 Å². The molecule has 0 saturated carbocycles. The van der Waals surface area contributed by atoms with Gasteiger partial charge in [0.15, 0.2) is 0 Å². The van der Waals surface area contributed by atoms with Crippen LogP contribution in [0.1, 0.15) is 34.1 Å². The third-order valence-corrected chi connectivity index (χ3v) is 4.88. The first-order chi connectivity index (χ1) is 12.3.